The minimum Gasteiger partial charge on any atom is -0.496 e. The van der Waals surface area contributed by atoms with E-state index in [1.807, 2.05) is 49.4 Å². The highest BCUT2D eigenvalue weighted by molar-refractivity contribution is 6.35. The minimum absolute atomic E-state index is 0.175. The fourth-order valence-electron chi connectivity index (χ4n) is 4.01. The Balaban J connectivity index is 1.72. The van der Waals surface area contributed by atoms with Crippen molar-refractivity contribution >= 4 is 23.5 Å². The first-order valence-corrected chi connectivity index (χ1v) is 10.5. The number of fused-ring (bicyclic) bond motifs is 1. The van der Waals surface area contributed by atoms with Crippen LogP contribution in [0.1, 0.15) is 38.8 Å². The maximum absolute atomic E-state index is 13.4. The summed E-state index contributed by atoms with van der Waals surface area (Å²) >= 11 is 0. The fraction of sp³-hybridized carbons (Fsp3) is 0.192. The Morgan fingerprint density at radius 3 is 2.30 bits per heavy atom. The van der Waals surface area contributed by atoms with Crippen LogP contribution in [0.15, 0.2) is 60.7 Å². The Morgan fingerprint density at radius 2 is 1.67 bits per heavy atom. The lowest BCUT2D eigenvalue weighted by molar-refractivity contribution is -0.139. The molecule has 168 valence electrons. The van der Waals surface area contributed by atoms with Crippen molar-refractivity contribution in [1.29, 1.82) is 0 Å². The third-order valence-corrected chi connectivity index (χ3v) is 5.89. The molecule has 1 heterocycles. The molecule has 1 aliphatic rings. The monoisotopic (exact) mass is 444 g/mol. The van der Waals surface area contributed by atoms with E-state index >= 15 is 0 Å². The maximum atomic E-state index is 13.4. The zero-order valence-electron chi connectivity index (χ0n) is 18.6. The second kappa shape index (κ2) is 8.88. The van der Waals surface area contributed by atoms with Crippen LogP contribution in [0.4, 0.5) is 5.69 Å². The summed E-state index contributed by atoms with van der Waals surface area (Å²) in [5, 5.41) is 12.0. The highest BCUT2D eigenvalue weighted by Gasteiger charge is 2.38. The van der Waals surface area contributed by atoms with Crippen LogP contribution in [0.2, 0.25) is 0 Å². The molecule has 0 aromatic heterocycles. The lowest BCUT2D eigenvalue weighted by atomic mass is 9.99. The lowest BCUT2D eigenvalue weighted by Crippen LogP contribution is -2.33. The number of carboxylic acid groups (broad SMARTS) is 1. The first-order valence-electron chi connectivity index (χ1n) is 10.5. The molecule has 3 aromatic carbocycles. The Hall–Kier alpha value is -3.97. The second-order valence-corrected chi connectivity index (χ2v) is 7.91. The largest absolute Gasteiger partial charge is 0.496 e. The quantitative estimate of drug-likeness (QED) is 0.534. The molecule has 0 saturated heterocycles. The van der Waals surface area contributed by atoms with E-state index in [1.54, 1.807) is 18.2 Å². The SMILES string of the molecule is COc1cc2c(cc1CN[C@@H](C)C(=O)O)C(=O)N(c1cccc(-c3ccccc3)c1C)C2=O. The van der Waals surface area contributed by atoms with Crippen LogP contribution in [0.25, 0.3) is 11.1 Å². The summed E-state index contributed by atoms with van der Waals surface area (Å²) in [4.78, 5) is 39.0. The van der Waals surface area contributed by atoms with Crippen molar-refractivity contribution in [3.63, 3.8) is 0 Å². The number of nitrogens with zero attached hydrogens (tertiary/aromatic N) is 1. The molecule has 1 aliphatic heterocycles. The number of anilines is 1. The summed E-state index contributed by atoms with van der Waals surface area (Å²) in [6.07, 6.45) is 0. The third kappa shape index (κ3) is 3.99. The van der Waals surface area contributed by atoms with E-state index in [4.69, 9.17) is 9.84 Å². The van der Waals surface area contributed by atoms with Gasteiger partial charge in [0.1, 0.15) is 11.8 Å². The lowest BCUT2D eigenvalue weighted by Gasteiger charge is -2.19. The van der Waals surface area contributed by atoms with E-state index in [9.17, 15) is 14.4 Å². The summed E-state index contributed by atoms with van der Waals surface area (Å²) in [5.74, 6) is -1.41. The predicted molar refractivity (Wildman–Crippen MR) is 125 cm³/mol. The first kappa shape index (κ1) is 22.2. The van der Waals surface area contributed by atoms with Gasteiger partial charge in [0.25, 0.3) is 11.8 Å². The van der Waals surface area contributed by atoms with Gasteiger partial charge in [0.2, 0.25) is 0 Å². The predicted octanol–water partition coefficient (Wildman–Crippen LogP) is 4.03. The van der Waals surface area contributed by atoms with Crippen LogP contribution in [-0.4, -0.2) is 36.0 Å². The van der Waals surface area contributed by atoms with Gasteiger partial charge in [0.15, 0.2) is 0 Å². The van der Waals surface area contributed by atoms with Crippen molar-refractivity contribution < 1.29 is 24.2 Å². The van der Waals surface area contributed by atoms with Gasteiger partial charge < -0.3 is 15.2 Å². The third-order valence-electron chi connectivity index (χ3n) is 5.89. The number of hydrogen-bond acceptors (Lipinski definition) is 5. The maximum Gasteiger partial charge on any atom is 0.320 e. The second-order valence-electron chi connectivity index (χ2n) is 7.91. The molecule has 7 nitrogen and oxygen atoms in total. The Bertz CT molecular complexity index is 1250. The van der Waals surface area contributed by atoms with Crippen molar-refractivity contribution in [3.8, 4) is 16.9 Å². The van der Waals surface area contributed by atoms with Crippen molar-refractivity contribution in [2.24, 2.45) is 0 Å². The van der Waals surface area contributed by atoms with Crippen molar-refractivity contribution in [2.45, 2.75) is 26.4 Å². The average Bonchev–Trinajstić information content (AvgIpc) is 3.06. The standard InChI is InChI=1S/C26H24N2O5/c1-15-19(17-8-5-4-6-9-17)10-7-11-22(15)28-24(29)20-12-18(14-27-16(2)26(31)32)23(33-3)13-21(20)25(28)30/h4-13,16,27H,14H2,1-3H3,(H,31,32)/t16-/m0/s1. The molecule has 0 aliphatic carbocycles. The first-order chi connectivity index (χ1) is 15.8. The summed E-state index contributed by atoms with van der Waals surface area (Å²) < 4.78 is 5.42. The number of nitrogens with one attached hydrogen (secondary N) is 1. The number of rotatable bonds is 7. The van der Waals surface area contributed by atoms with Crippen LogP contribution < -0.4 is 15.0 Å². The Labute approximate surface area is 191 Å². The molecule has 4 rings (SSSR count). The molecule has 0 fully saturated rings. The molecular formula is C26H24N2O5. The van der Waals surface area contributed by atoms with Gasteiger partial charge in [0, 0.05) is 12.1 Å². The number of aliphatic carboxylic acids is 1. The van der Waals surface area contributed by atoms with Crippen LogP contribution in [0, 0.1) is 6.92 Å². The van der Waals surface area contributed by atoms with Crippen LogP contribution in [-0.2, 0) is 11.3 Å². The number of carboxylic acids is 1. The van der Waals surface area contributed by atoms with Crippen LogP contribution in [0.5, 0.6) is 5.75 Å². The van der Waals surface area contributed by atoms with Crippen molar-refractivity contribution in [1.82, 2.24) is 5.32 Å². The number of ether oxygens (including phenoxy) is 1. The van der Waals surface area contributed by atoms with Gasteiger partial charge >= 0.3 is 5.97 Å². The number of carbonyl (C=O) groups is 3. The summed E-state index contributed by atoms with van der Waals surface area (Å²) in [5.41, 5.74) is 4.41. The highest BCUT2D eigenvalue weighted by Crippen LogP contribution is 2.37. The molecule has 7 heteroatoms. The van der Waals surface area contributed by atoms with Gasteiger partial charge in [-0.05, 0) is 48.7 Å². The van der Waals surface area contributed by atoms with E-state index in [-0.39, 0.29) is 17.7 Å². The number of carbonyl (C=O) groups excluding carboxylic acids is 2. The smallest absolute Gasteiger partial charge is 0.320 e. The average molecular weight is 444 g/mol. The number of methoxy groups -OCH3 is 1. The summed E-state index contributed by atoms with van der Waals surface area (Å²) in [7, 11) is 1.47. The zero-order valence-corrected chi connectivity index (χ0v) is 18.6. The molecule has 0 saturated carbocycles. The summed E-state index contributed by atoms with van der Waals surface area (Å²) in [6, 6.07) is 17.7. The Kier molecular flexibility index (Phi) is 5.98. The molecular weight excluding hydrogens is 420 g/mol. The fourth-order valence-corrected chi connectivity index (χ4v) is 4.01. The number of amides is 2. The molecule has 0 spiro atoms. The summed E-state index contributed by atoms with van der Waals surface area (Å²) in [6.45, 7) is 3.60. The van der Waals surface area contributed by atoms with Gasteiger partial charge in [-0.3, -0.25) is 14.4 Å². The molecule has 1 atom stereocenters. The van der Waals surface area contributed by atoms with Gasteiger partial charge in [-0.25, -0.2) is 4.90 Å². The molecule has 3 aromatic rings. The normalized spacial score (nSPS) is 13.7. The van der Waals surface area contributed by atoms with E-state index < -0.39 is 23.8 Å². The van der Waals surface area contributed by atoms with Crippen molar-refractivity contribution in [3.05, 3.63) is 82.9 Å². The number of benzene rings is 3. The van der Waals surface area contributed by atoms with E-state index in [0.717, 1.165) is 16.7 Å². The van der Waals surface area contributed by atoms with Gasteiger partial charge in [0.05, 0.1) is 23.9 Å². The van der Waals surface area contributed by atoms with E-state index in [2.05, 4.69) is 5.32 Å². The Morgan fingerprint density at radius 1 is 1.00 bits per heavy atom. The molecule has 0 radical (unpaired) electrons. The van der Waals surface area contributed by atoms with Gasteiger partial charge in [-0.1, -0.05) is 42.5 Å². The molecule has 0 unspecified atom stereocenters. The van der Waals surface area contributed by atoms with Gasteiger partial charge in [-0.15, -0.1) is 0 Å². The van der Waals surface area contributed by atoms with E-state index in [0.29, 0.717) is 17.0 Å². The molecule has 2 amide bonds. The number of hydrogen-bond donors (Lipinski definition) is 2. The molecule has 33 heavy (non-hydrogen) atoms. The van der Waals surface area contributed by atoms with Gasteiger partial charge in [-0.2, -0.15) is 0 Å². The molecule has 0 bridgehead atoms. The topological polar surface area (TPSA) is 95.9 Å². The van der Waals surface area contributed by atoms with E-state index in [1.165, 1.54) is 18.9 Å². The van der Waals surface area contributed by atoms with Crippen LogP contribution in [0.3, 0.4) is 0 Å². The minimum atomic E-state index is -0.985. The van der Waals surface area contributed by atoms with Crippen LogP contribution >= 0.6 is 0 Å². The molecule has 2 N–H and O–H groups in total. The zero-order chi connectivity index (χ0) is 23.7. The highest BCUT2D eigenvalue weighted by atomic mass is 16.5. The van der Waals surface area contributed by atoms with Crippen molar-refractivity contribution in [2.75, 3.05) is 12.0 Å². The number of imide groups is 1.